The number of carbonyl (C=O) groups excluding carboxylic acids is 1. The first-order valence-corrected chi connectivity index (χ1v) is 15.7. The number of oxazole rings is 1. The van der Waals surface area contributed by atoms with E-state index in [4.69, 9.17) is 13.9 Å². The zero-order chi connectivity index (χ0) is 32.2. The Bertz CT molecular complexity index is 1740. The summed E-state index contributed by atoms with van der Waals surface area (Å²) in [4.78, 5) is 16.8. The number of hydrogen-bond acceptors (Lipinski definition) is 7. The monoisotopic (exact) mass is 643 g/mol. The van der Waals surface area contributed by atoms with E-state index in [1.165, 1.54) is 16.4 Å². The van der Waals surface area contributed by atoms with Crippen LogP contribution in [0.3, 0.4) is 0 Å². The van der Waals surface area contributed by atoms with Crippen molar-refractivity contribution in [2.45, 2.75) is 46.0 Å². The number of halogens is 3. The molecule has 0 unspecified atom stereocenters. The van der Waals surface area contributed by atoms with Crippen LogP contribution in [0.15, 0.2) is 77.2 Å². The molecule has 0 spiro atoms. The maximum absolute atomic E-state index is 13.9. The van der Waals surface area contributed by atoms with Crippen molar-refractivity contribution >= 4 is 21.9 Å². The lowest BCUT2D eigenvalue weighted by Gasteiger charge is -2.34. The number of esters is 1. The topological polar surface area (TPSA) is 102 Å². The minimum Gasteiger partial charge on any atom is -0.487 e. The Morgan fingerprint density at radius 3 is 2.44 bits per heavy atom. The summed E-state index contributed by atoms with van der Waals surface area (Å²) in [7, 11) is -4.08. The van der Waals surface area contributed by atoms with E-state index in [-0.39, 0.29) is 25.6 Å². The average molecular weight is 644 g/mol. The SMILES string of the molecule is CCOC(=O)CN(Cc1ccc(OCc2nc(-c3ccc(C(F)(F)F)cc3)oc2C)cc1)S(=O)(=O)N1CCCc2ccccc21. The van der Waals surface area contributed by atoms with E-state index in [1.807, 2.05) is 12.1 Å². The highest BCUT2D eigenvalue weighted by atomic mass is 32.2. The third-order valence-corrected chi connectivity index (χ3v) is 9.14. The fraction of sp³-hybridized carbons (Fsp3) is 0.312. The van der Waals surface area contributed by atoms with Gasteiger partial charge in [0.15, 0.2) is 0 Å². The summed E-state index contributed by atoms with van der Waals surface area (Å²) in [5.41, 5.74) is 2.27. The van der Waals surface area contributed by atoms with Gasteiger partial charge in [0.05, 0.1) is 17.9 Å². The largest absolute Gasteiger partial charge is 0.487 e. The van der Waals surface area contributed by atoms with Gasteiger partial charge in [0.25, 0.3) is 0 Å². The number of para-hydroxylation sites is 1. The van der Waals surface area contributed by atoms with Crippen LogP contribution in [0, 0.1) is 6.92 Å². The molecule has 2 heterocycles. The van der Waals surface area contributed by atoms with Gasteiger partial charge in [-0.1, -0.05) is 30.3 Å². The Balaban J connectivity index is 1.27. The van der Waals surface area contributed by atoms with Crippen molar-refractivity contribution in [1.29, 1.82) is 0 Å². The van der Waals surface area contributed by atoms with Crippen LogP contribution in [0.2, 0.25) is 0 Å². The molecule has 9 nitrogen and oxygen atoms in total. The highest BCUT2D eigenvalue weighted by Crippen LogP contribution is 2.32. The molecule has 0 atom stereocenters. The van der Waals surface area contributed by atoms with Crippen LogP contribution in [-0.4, -0.2) is 43.4 Å². The van der Waals surface area contributed by atoms with Gasteiger partial charge in [-0.25, -0.2) is 4.98 Å². The van der Waals surface area contributed by atoms with Crippen molar-refractivity contribution in [1.82, 2.24) is 9.29 Å². The quantitative estimate of drug-likeness (QED) is 0.177. The number of fused-ring (bicyclic) bond motifs is 1. The summed E-state index contributed by atoms with van der Waals surface area (Å²) >= 11 is 0. The number of nitrogens with zero attached hydrogens (tertiary/aromatic N) is 3. The van der Waals surface area contributed by atoms with Gasteiger partial charge in [-0.15, -0.1) is 0 Å². The van der Waals surface area contributed by atoms with Gasteiger partial charge in [0, 0.05) is 18.7 Å². The molecular formula is C32H32F3N3O6S. The average Bonchev–Trinajstić information content (AvgIpc) is 3.40. The molecule has 4 aromatic rings. The third-order valence-electron chi connectivity index (χ3n) is 7.29. The van der Waals surface area contributed by atoms with Gasteiger partial charge >= 0.3 is 22.4 Å². The first-order valence-electron chi connectivity index (χ1n) is 14.3. The highest BCUT2D eigenvalue weighted by molar-refractivity contribution is 7.90. The number of aryl methyl sites for hydroxylation is 2. The van der Waals surface area contributed by atoms with Crippen LogP contribution in [0.25, 0.3) is 11.5 Å². The van der Waals surface area contributed by atoms with Crippen molar-refractivity contribution in [2.75, 3.05) is 24.0 Å². The highest BCUT2D eigenvalue weighted by Gasteiger charge is 2.34. The molecule has 0 radical (unpaired) electrons. The Morgan fingerprint density at radius 1 is 1.04 bits per heavy atom. The maximum atomic E-state index is 13.9. The number of alkyl halides is 3. The number of anilines is 1. The second kappa shape index (κ2) is 13.3. The van der Waals surface area contributed by atoms with Crippen molar-refractivity contribution in [3.8, 4) is 17.2 Å². The smallest absolute Gasteiger partial charge is 0.416 e. The van der Waals surface area contributed by atoms with Crippen LogP contribution >= 0.6 is 0 Å². The van der Waals surface area contributed by atoms with Gasteiger partial charge in [0.1, 0.15) is 30.4 Å². The molecule has 0 aliphatic carbocycles. The van der Waals surface area contributed by atoms with Crippen molar-refractivity contribution in [3.63, 3.8) is 0 Å². The zero-order valence-corrected chi connectivity index (χ0v) is 25.5. The van der Waals surface area contributed by atoms with E-state index in [2.05, 4.69) is 4.98 Å². The van der Waals surface area contributed by atoms with Crippen LogP contribution in [0.4, 0.5) is 18.9 Å². The van der Waals surface area contributed by atoms with E-state index in [9.17, 15) is 26.4 Å². The van der Waals surface area contributed by atoms with E-state index >= 15 is 0 Å². The van der Waals surface area contributed by atoms with E-state index in [0.717, 1.165) is 28.4 Å². The van der Waals surface area contributed by atoms with Crippen LogP contribution in [0.5, 0.6) is 5.75 Å². The summed E-state index contributed by atoms with van der Waals surface area (Å²) in [6.07, 6.45) is -3.01. The van der Waals surface area contributed by atoms with Crippen molar-refractivity contribution in [2.24, 2.45) is 0 Å². The molecule has 5 rings (SSSR count). The van der Waals surface area contributed by atoms with E-state index < -0.39 is 34.5 Å². The van der Waals surface area contributed by atoms with Crippen molar-refractivity contribution < 1.29 is 40.3 Å². The van der Waals surface area contributed by atoms with Gasteiger partial charge in [0.2, 0.25) is 5.89 Å². The molecule has 0 saturated carbocycles. The number of ether oxygens (including phenoxy) is 2. The van der Waals surface area contributed by atoms with Crippen LogP contribution < -0.4 is 9.04 Å². The molecule has 45 heavy (non-hydrogen) atoms. The normalized spacial score (nSPS) is 13.5. The van der Waals surface area contributed by atoms with Crippen molar-refractivity contribution in [3.05, 3.63) is 101 Å². The fourth-order valence-corrected chi connectivity index (χ4v) is 6.63. The van der Waals surface area contributed by atoms with E-state index in [1.54, 1.807) is 50.2 Å². The Hall–Kier alpha value is -4.36. The molecule has 1 aromatic heterocycles. The third kappa shape index (κ3) is 7.48. The molecule has 3 aromatic carbocycles. The summed E-state index contributed by atoms with van der Waals surface area (Å²) in [6, 6.07) is 18.6. The Morgan fingerprint density at radius 2 is 1.76 bits per heavy atom. The number of benzene rings is 3. The standard InChI is InChI=1S/C32H32F3N3O6S/c1-3-42-30(39)20-37(45(40,41)38-18-6-8-24-7-4-5-9-29(24)38)19-23-10-16-27(17-11-23)43-21-28-22(2)44-31(36-28)25-12-14-26(15-13-25)32(33,34)35/h4-5,7,9-17H,3,6,8,18-21H2,1-2H3. The molecular weight excluding hydrogens is 611 g/mol. The molecule has 0 saturated heterocycles. The summed E-state index contributed by atoms with van der Waals surface area (Å²) in [5.74, 6) is 0.460. The van der Waals surface area contributed by atoms with E-state index in [0.29, 0.717) is 47.0 Å². The number of aromatic nitrogens is 1. The van der Waals surface area contributed by atoms with Gasteiger partial charge in [-0.2, -0.15) is 25.9 Å². The Kier molecular flexibility index (Phi) is 9.49. The van der Waals surface area contributed by atoms with Gasteiger partial charge < -0.3 is 13.9 Å². The predicted molar refractivity (Wildman–Crippen MR) is 161 cm³/mol. The zero-order valence-electron chi connectivity index (χ0n) is 24.7. The minimum absolute atomic E-state index is 0.0348. The molecule has 1 aliphatic heterocycles. The minimum atomic E-state index is -4.44. The first kappa shape index (κ1) is 32.0. The number of carbonyl (C=O) groups is 1. The molecule has 0 amide bonds. The Labute approximate surface area is 259 Å². The number of rotatable bonds is 11. The second-order valence-electron chi connectivity index (χ2n) is 10.4. The summed E-state index contributed by atoms with van der Waals surface area (Å²) in [6.45, 7) is 3.29. The lowest BCUT2D eigenvalue weighted by Crippen LogP contribution is -2.47. The van der Waals surface area contributed by atoms with Crippen LogP contribution in [-0.2, 0) is 45.5 Å². The van der Waals surface area contributed by atoms with Gasteiger partial charge in [-0.3, -0.25) is 9.10 Å². The first-order chi connectivity index (χ1) is 21.5. The predicted octanol–water partition coefficient (Wildman–Crippen LogP) is 6.31. The second-order valence-corrected chi connectivity index (χ2v) is 12.3. The molecule has 0 fully saturated rings. The maximum Gasteiger partial charge on any atom is 0.416 e. The molecule has 1 aliphatic rings. The summed E-state index contributed by atoms with van der Waals surface area (Å²) in [5, 5.41) is 0. The lowest BCUT2D eigenvalue weighted by molar-refractivity contribution is -0.143. The fourth-order valence-electron chi connectivity index (χ4n) is 4.98. The molecule has 0 bridgehead atoms. The molecule has 238 valence electrons. The lowest BCUT2D eigenvalue weighted by atomic mass is 10.0. The molecule has 13 heteroatoms. The van der Waals surface area contributed by atoms with Crippen LogP contribution in [0.1, 0.15) is 41.5 Å². The number of hydrogen-bond donors (Lipinski definition) is 0. The van der Waals surface area contributed by atoms with Gasteiger partial charge in [-0.05, 0) is 80.3 Å². The molecule has 0 N–H and O–H groups in total. The summed E-state index contributed by atoms with van der Waals surface area (Å²) < 4.78 is 85.5.